The largest absolute Gasteiger partial charge is 0.332 e. The van der Waals surface area contributed by atoms with E-state index < -0.39 is 5.69 Å². The summed E-state index contributed by atoms with van der Waals surface area (Å²) in [6.45, 7) is 4.05. The molecule has 0 saturated heterocycles. The average Bonchev–Trinajstić information content (AvgIpc) is 3.05. The van der Waals surface area contributed by atoms with E-state index >= 15 is 0 Å². The van der Waals surface area contributed by atoms with E-state index in [-0.39, 0.29) is 18.0 Å². The number of thiophene rings is 1. The Morgan fingerprint density at radius 2 is 2.00 bits per heavy atom. The van der Waals surface area contributed by atoms with E-state index in [2.05, 4.69) is 5.32 Å². The minimum atomic E-state index is -0.447. The second kappa shape index (κ2) is 7.06. The lowest BCUT2D eigenvalue weighted by Gasteiger charge is -2.12. The van der Waals surface area contributed by atoms with Gasteiger partial charge in [-0.25, -0.2) is 4.79 Å². The number of carbonyl (C=O) groups is 1. The molecule has 0 aliphatic rings. The summed E-state index contributed by atoms with van der Waals surface area (Å²) in [6.07, 6.45) is 0.668. The second-order valence-corrected chi connectivity index (χ2v) is 6.79. The molecular formula is C18H19N3O3S. The number of carbonyl (C=O) groups excluding carboxylic acids is 1. The van der Waals surface area contributed by atoms with Crippen molar-refractivity contribution in [2.45, 2.75) is 33.4 Å². The summed E-state index contributed by atoms with van der Waals surface area (Å²) in [5, 5.41) is 4.56. The zero-order chi connectivity index (χ0) is 18.0. The predicted octanol–water partition coefficient (Wildman–Crippen LogP) is 2.58. The molecule has 1 N–H and O–H groups in total. The van der Waals surface area contributed by atoms with Gasteiger partial charge in [0.1, 0.15) is 11.2 Å². The smallest absolute Gasteiger partial charge is 0.325 e. The van der Waals surface area contributed by atoms with Crippen molar-refractivity contribution >= 4 is 33.1 Å². The number of rotatable bonds is 5. The third-order valence-electron chi connectivity index (χ3n) is 3.89. The summed E-state index contributed by atoms with van der Waals surface area (Å²) >= 11 is 1.29. The molecule has 0 atom stereocenters. The Labute approximate surface area is 148 Å². The molecule has 0 aliphatic carbocycles. The Hall–Kier alpha value is -2.67. The molecule has 0 radical (unpaired) electrons. The molecule has 0 bridgehead atoms. The lowest BCUT2D eigenvalue weighted by Crippen LogP contribution is -2.41. The maximum atomic E-state index is 12.7. The first kappa shape index (κ1) is 17.2. The molecule has 6 nitrogen and oxygen atoms in total. The van der Waals surface area contributed by atoms with Crippen LogP contribution in [-0.2, 0) is 17.9 Å². The van der Waals surface area contributed by atoms with E-state index in [0.29, 0.717) is 28.9 Å². The highest BCUT2D eigenvalue weighted by atomic mass is 32.1. The number of amides is 1. The number of hydrogen-bond donors (Lipinski definition) is 1. The summed E-state index contributed by atoms with van der Waals surface area (Å²) in [5.74, 6) is -0.304. The highest BCUT2D eigenvalue weighted by molar-refractivity contribution is 7.17. The first-order valence-corrected chi connectivity index (χ1v) is 8.96. The molecule has 0 unspecified atom stereocenters. The van der Waals surface area contributed by atoms with Crippen molar-refractivity contribution in [1.82, 2.24) is 9.13 Å². The third-order valence-corrected chi connectivity index (χ3v) is 4.78. The lowest BCUT2D eigenvalue weighted by atomic mass is 10.2. The quantitative estimate of drug-likeness (QED) is 0.763. The van der Waals surface area contributed by atoms with Crippen molar-refractivity contribution in [2.75, 3.05) is 5.32 Å². The summed E-state index contributed by atoms with van der Waals surface area (Å²) in [6, 6.07) is 9.16. The van der Waals surface area contributed by atoms with Gasteiger partial charge in [0.15, 0.2) is 0 Å². The molecule has 3 aromatic rings. The van der Waals surface area contributed by atoms with Gasteiger partial charge in [-0.05, 0) is 42.5 Å². The van der Waals surface area contributed by atoms with Gasteiger partial charge in [0, 0.05) is 12.2 Å². The van der Waals surface area contributed by atoms with Crippen molar-refractivity contribution in [1.29, 1.82) is 0 Å². The number of aromatic nitrogens is 2. The average molecular weight is 357 g/mol. The third kappa shape index (κ3) is 3.41. The van der Waals surface area contributed by atoms with Crippen LogP contribution in [0.15, 0.2) is 45.3 Å². The fourth-order valence-corrected chi connectivity index (χ4v) is 3.62. The minimum absolute atomic E-state index is 0.135. The van der Waals surface area contributed by atoms with Crippen LogP contribution in [0.25, 0.3) is 10.2 Å². The molecule has 2 heterocycles. The van der Waals surface area contributed by atoms with Crippen molar-refractivity contribution in [2.24, 2.45) is 0 Å². The topological polar surface area (TPSA) is 73.1 Å². The Bertz CT molecular complexity index is 1050. The van der Waals surface area contributed by atoms with Gasteiger partial charge in [-0.1, -0.05) is 19.1 Å². The summed E-state index contributed by atoms with van der Waals surface area (Å²) in [4.78, 5) is 37.5. The lowest BCUT2D eigenvalue weighted by molar-refractivity contribution is -0.116. The van der Waals surface area contributed by atoms with E-state index in [1.807, 2.05) is 32.0 Å². The molecule has 1 amide bonds. The molecule has 1 aromatic carbocycles. The monoisotopic (exact) mass is 357 g/mol. The van der Waals surface area contributed by atoms with Crippen LogP contribution in [0.2, 0.25) is 0 Å². The SMILES string of the molecule is CCCn1c(=O)c2sccc2n(CC(=O)Nc2cccc(C)c2)c1=O. The van der Waals surface area contributed by atoms with E-state index in [4.69, 9.17) is 0 Å². The number of aryl methyl sites for hydroxylation is 1. The maximum absolute atomic E-state index is 12.7. The molecule has 0 aliphatic heterocycles. The molecular weight excluding hydrogens is 338 g/mol. The van der Waals surface area contributed by atoms with Crippen LogP contribution in [0, 0.1) is 6.92 Å². The van der Waals surface area contributed by atoms with Gasteiger partial charge in [0.25, 0.3) is 5.56 Å². The first-order chi connectivity index (χ1) is 12.0. The number of anilines is 1. The predicted molar refractivity (Wildman–Crippen MR) is 100 cm³/mol. The molecule has 7 heteroatoms. The van der Waals surface area contributed by atoms with Crippen LogP contribution in [0.3, 0.4) is 0 Å². The maximum Gasteiger partial charge on any atom is 0.332 e. The number of fused-ring (bicyclic) bond motifs is 1. The van der Waals surface area contributed by atoms with Crippen LogP contribution >= 0.6 is 11.3 Å². The first-order valence-electron chi connectivity index (χ1n) is 8.08. The highest BCUT2D eigenvalue weighted by Crippen LogP contribution is 2.16. The van der Waals surface area contributed by atoms with Crippen LogP contribution in [-0.4, -0.2) is 15.0 Å². The standard InChI is InChI=1S/C18H19N3O3S/c1-3-8-20-17(23)16-14(7-9-25-16)21(18(20)24)11-15(22)19-13-6-4-5-12(2)10-13/h4-7,9-10H,3,8,11H2,1-2H3,(H,19,22). The van der Waals surface area contributed by atoms with Crippen molar-refractivity contribution < 1.29 is 4.79 Å². The molecule has 130 valence electrons. The van der Waals surface area contributed by atoms with E-state index in [0.717, 1.165) is 5.56 Å². The fourth-order valence-electron chi connectivity index (χ4n) is 2.77. The van der Waals surface area contributed by atoms with E-state index in [1.165, 1.54) is 20.5 Å². The van der Waals surface area contributed by atoms with Crippen molar-refractivity contribution in [3.63, 3.8) is 0 Å². The molecule has 3 rings (SSSR count). The van der Waals surface area contributed by atoms with Gasteiger partial charge >= 0.3 is 5.69 Å². The zero-order valence-electron chi connectivity index (χ0n) is 14.1. The van der Waals surface area contributed by atoms with E-state index in [1.54, 1.807) is 17.5 Å². The van der Waals surface area contributed by atoms with Crippen LogP contribution in [0.4, 0.5) is 5.69 Å². The van der Waals surface area contributed by atoms with Crippen molar-refractivity contribution in [3.8, 4) is 0 Å². The van der Waals surface area contributed by atoms with Gasteiger partial charge in [-0.3, -0.25) is 18.7 Å². The number of benzene rings is 1. The Balaban J connectivity index is 1.98. The number of nitrogens with zero attached hydrogens (tertiary/aromatic N) is 2. The Kier molecular flexibility index (Phi) is 4.85. The minimum Gasteiger partial charge on any atom is -0.325 e. The van der Waals surface area contributed by atoms with Gasteiger partial charge in [0.05, 0.1) is 5.52 Å². The van der Waals surface area contributed by atoms with E-state index in [9.17, 15) is 14.4 Å². The highest BCUT2D eigenvalue weighted by Gasteiger charge is 2.16. The summed E-state index contributed by atoms with van der Waals surface area (Å²) < 4.78 is 3.07. The number of nitrogens with one attached hydrogen (secondary N) is 1. The second-order valence-electron chi connectivity index (χ2n) is 5.88. The summed E-state index contributed by atoms with van der Waals surface area (Å²) in [7, 11) is 0. The molecule has 0 saturated carbocycles. The number of hydrogen-bond acceptors (Lipinski definition) is 4. The van der Waals surface area contributed by atoms with Gasteiger partial charge in [-0.2, -0.15) is 0 Å². The van der Waals surface area contributed by atoms with Crippen molar-refractivity contribution in [3.05, 3.63) is 62.1 Å². The van der Waals surface area contributed by atoms with Crippen LogP contribution in [0.1, 0.15) is 18.9 Å². The van der Waals surface area contributed by atoms with Gasteiger partial charge in [0.2, 0.25) is 5.91 Å². The molecule has 0 spiro atoms. The van der Waals surface area contributed by atoms with Crippen LogP contribution < -0.4 is 16.6 Å². The van der Waals surface area contributed by atoms with Gasteiger partial charge < -0.3 is 5.32 Å². The Morgan fingerprint density at radius 1 is 1.20 bits per heavy atom. The summed E-state index contributed by atoms with van der Waals surface area (Å²) in [5.41, 5.74) is 1.49. The normalized spacial score (nSPS) is 11.0. The molecule has 25 heavy (non-hydrogen) atoms. The molecule has 0 fully saturated rings. The fraction of sp³-hybridized carbons (Fsp3) is 0.278. The zero-order valence-corrected chi connectivity index (χ0v) is 14.9. The van der Waals surface area contributed by atoms with Gasteiger partial charge in [-0.15, -0.1) is 11.3 Å². The molecule has 2 aromatic heterocycles. The van der Waals surface area contributed by atoms with Crippen LogP contribution in [0.5, 0.6) is 0 Å². The Morgan fingerprint density at radius 3 is 2.72 bits per heavy atom.